The second kappa shape index (κ2) is 8.18. The van der Waals surface area contributed by atoms with Crippen LogP contribution in [0.1, 0.15) is 13.3 Å². The highest BCUT2D eigenvalue weighted by Crippen LogP contribution is 2.24. The number of nitrogens with one attached hydrogen (secondary N) is 2. The number of hydrogen-bond acceptors (Lipinski definition) is 6. The van der Waals surface area contributed by atoms with Crippen LogP contribution in [0.4, 0.5) is 11.6 Å². The number of fused-ring (bicyclic) bond motifs is 2. The number of anilines is 2. The van der Waals surface area contributed by atoms with Gasteiger partial charge in [-0.3, -0.25) is 9.36 Å². The maximum absolute atomic E-state index is 13.3. The first-order chi connectivity index (χ1) is 16.0. The minimum Gasteiger partial charge on any atom is -0.361 e. The van der Waals surface area contributed by atoms with Crippen LogP contribution in [0.15, 0.2) is 87.6 Å². The molecule has 5 aromatic rings. The quantitative estimate of drug-likeness (QED) is 0.393. The van der Waals surface area contributed by atoms with Crippen LogP contribution in [0.3, 0.4) is 0 Å². The highest BCUT2D eigenvalue weighted by molar-refractivity contribution is 7.91. The Hall–Kier alpha value is -3.98. The van der Waals surface area contributed by atoms with Crippen molar-refractivity contribution in [3.05, 3.63) is 83.4 Å². The maximum atomic E-state index is 13.3. The van der Waals surface area contributed by atoms with E-state index in [0.717, 1.165) is 16.6 Å². The summed E-state index contributed by atoms with van der Waals surface area (Å²) in [6, 6.07) is 17.1. The van der Waals surface area contributed by atoms with E-state index in [9.17, 15) is 13.2 Å². The largest absolute Gasteiger partial charge is 0.361 e. The first-order valence-corrected chi connectivity index (χ1v) is 12.0. The van der Waals surface area contributed by atoms with Crippen molar-refractivity contribution >= 4 is 43.4 Å². The molecule has 0 saturated heterocycles. The summed E-state index contributed by atoms with van der Waals surface area (Å²) in [6.45, 7) is 2.25. The van der Waals surface area contributed by atoms with Crippen molar-refractivity contribution in [2.75, 3.05) is 5.32 Å². The Balaban J connectivity index is 1.62. The molecular formula is C24H21N5O3S. The fourth-order valence-electron chi connectivity index (χ4n) is 3.80. The van der Waals surface area contributed by atoms with Crippen LogP contribution in [0.2, 0.25) is 0 Å². The zero-order valence-corrected chi connectivity index (χ0v) is 18.6. The third-order valence-corrected chi connectivity index (χ3v) is 7.16. The fraction of sp³-hybridized carbons (Fsp3) is 0.125. The van der Waals surface area contributed by atoms with E-state index in [0.29, 0.717) is 29.9 Å². The Kier molecular flexibility index (Phi) is 5.18. The van der Waals surface area contributed by atoms with Gasteiger partial charge in [-0.1, -0.05) is 25.1 Å². The topological polar surface area (TPSA) is 110 Å². The van der Waals surface area contributed by atoms with Crippen molar-refractivity contribution in [2.45, 2.75) is 29.7 Å². The minimum atomic E-state index is -3.98. The molecule has 2 aromatic carbocycles. The normalized spacial score (nSPS) is 11.8. The molecule has 8 nitrogen and oxygen atoms in total. The zero-order chi connectivity index (χ0) is 23.0. The van der Waals surface area contributed by atoms with Crippen LogP contribution in [0.5, 0.6) is 0 Å². The lowest BCUT2D eigenvalue weighted by atomic mass is 10.2. The Morgan fingerprint density at radius 3 is 2.64 bits per heavy atom. The van der Waals surface area contributed by atoms with E-state index in [4.69, 9.17) is 0 Å². The average Bonchev–Trinajstić information content (AvgIpc) is 3.29. The number of aryl methyl sites for hydroxylation is 1. The molecule has 0 spiro atoms. The van der Waals surface area contributed by atoms with Gasteiger partial charge in [0.1, 0.15) is 10.5 Å². The zero-order valence-electron chi connectivity index (χ0n) is 17.8. The number of rotatable bonds is 6. The highest BCUT2D eigenvalue weighted by atomic mass is 32.2. The molecule has 0 amide bonds. The molecular weight excluding hydrogens is 438 g/mol. The predicted molar refractivity (Wildman–Crippen MR) is 128 cm³/mol. The molecule has 3 aromatic heterocycles. The minimum absolute atomic E-state index is 0.0730. The number of nitrogens with zero attached hydrogens (tertiary/aromatic N) is 3. The van der Waals surface area contributed by atoms with E-state index in [1.54, 1.807) is 18.2 Å². The predicted octanol–water partition coefficient (Wildman–Crippen LogP) is 4.26. The van der Waals surface area contributed by atoms with Gasteiger partial charge < -0.3 is 10.3 Å². The summed E-state index contributed by atoms with van der Waals surface area (Å²) < 4.78 is 27.8. The van der Waals surface area contributed by atoms with Crippen LogP contribution < -0.4 is 10.9 Å². The van der Waals surface area contributed by atoms with Crippen molar-refractivity contribution < 1.29 is 8.42 Å². The van der Waals surface area contributed by atoms with Crippen molar-refractivity contribution in [1.29, 1.82) is 0 Å². The summed E-state index contributed by atoms with van der Waals surface area (Å²) in [5.74, 6) is 0.320. The van der Waals surface area contributed by atoms with Crippen molar-refractivity contribution in [1.82, 2.24) is 19.5 Å². The lowest BCUT2D eigenvalue weighted by molar-refractivity contribution is 0.590. The number of benzene rings is 2. The van der Waals surface area contributed by atoms with Gasteiger partial charge in [-0.25, -0.2) is 13.4 Å². The first kappa shape index (κ1) is 20.9. The molecule has 0 unspecified atom stereocenters. The number of pyridine rings is 1. The monoisotopic (exact) mass is 459 g/mol. The van der Waals surface area contributed by atoms with E-state index < -0.39 is 15.4 Å². The Labute approximate surface area is 189 Å². The van der Waals surface area contributed by atoms with Crippen LogP contribution in [0, 0.1) is 0 Å². The fourth-order valence-corrected chi connectivity index (χ4v) is 5.19. The Bertz CT molecular complexity index is 1640. The summed E-state index contributed by atoms with van der Waals surface area (Å²) in [6.07, 6.45) is 4.04. The van der Waals surface area contributed by atoms with Gasteiger partial charge in [-0.05, 0) is 48.9 Å². The second-order valence-corrected chi connectivity index (χ2v) is 9.58. The third kappa shape index (κ3) is 3.76. The number of hydrogen-bond donors (Lipinski definition) is 2. The number of aromatic nitrogens is 4. The molecule has 0 radical (unpaired) electrons. The molecule has 0 bridgehead atoms. The van der Waals surface area contributed by atoms with E-state index in [1.807, 2.05) is 37.4 Å². The summed E-state index contributed by atoms with van der Waals surface area (Å²) in [5.41, 5.74) is 1.61. The van der Waals surface area contributed by atoms with Crippen LogP contribution in [-0.4, -0.2) is 27.9 Å². The van der Waals surface area contributed by atoms with Gasteiger partial charge in [0.2, 0.25) is 15.8 Å². The summed E-state index contributed by atoms with van der Waals surface area (Å²) in [5, 5.41) is 4.69. The van der Waals surface area contributed by atoms with Crippen LogP contribution in [0.25, 0.3) is 21.9 Å². The molecule has 3 heterocycles. The molecule has 0 aliphatic rings. The van der Waals surface area contributed by atoms with Gasteiger partial charge in [0, 0.05) is 40.9 Å². The molecule has 0 saturated carbocycles. The third-order valence-electron chi connectivity index (χ3n) is 5.39. The lowest BCUT2D eigenvalue weighted by Crippen LogP contribution is -2.27. The average molecular weight is 460 g/mol. The van der Waals surface area contributed by atoms with E-state index in [1.165, 1.54) is 29.0 Å². The van der Waals surface area contributed by atoms with Gasteiger partial charge in [-0.2, -0.15) is 4.98 Å². The molecule has 5 rings (SSSR count). The summed E-state index contributed by atoms with van der Waals surface area (Å²) in [7, 11) is -3.98. The number of aromatic amines is 1. The number of H-pyrrole nitrogens is 1. The first-order valence-electron chi connectivity index (χ1n) is 10.5. The summed E-state index contributed by atoms with van der Waals surface area (Å²) in [4.78, 5) is 25.1. The lowest BCUT2D eigenvalue weighted by Gasteiger charge is -2.13. The Morgan fingerprint density at radius 1 is 1.03 bits per heavy atom. The number of sulfone groups is 1. The summed E-state index contributed by atoms with van der Waals surface area (Å²) >= 11 is 0. The Morgan fingerprint density at radius 2 is 1.85 bits per heavy atom. The van der Waals surface area contributed by atoms with E-state index in [2.05, 4.69) is 20.3 Å². The smallest absolute Gasteiger partial charge is 0.271 e. The van der Waals surface area contributed by atoms with E-state index >= 15 is 0 Å². The van der Waals surface area contributed by atoms with Crippen molar-refractivity contribution in [2.24, 2.45) is 0 Å². The molecule has 0 aliphatic heterocycles. The van der Waals surface area contributed by atoms with Gasteiger partial charge in [0.05, 0.1) is 4.90 Å². The second-order valence-electron chi connectivity index (χ2n) is 7.66. The van der Waals surface area contributed by atoms with Crippen molar-refractivity contribution in [3.8, 4) is 0 Å². The van der Waals surface area contributed by atoms with E-state index in [-0.39, 0.29) is 9.79 Å². The molecule has 0 aliphatic carbocycles. The molecule has 0 atom stereocenters. The van der Waals surface area contributed by atoms with Gasteiger partial charge >= 0.3 is 0 Å². The molecule has 33 heavy (non-hydrogen) atoms. The maximum Gasteiger partial charge on any atom is 0.271 e. The molecule has 2 N–H and O–H groups in total. The van der Waals surface area contributed by atoms with Gasteiger partial charge in [0.25, 0.3) is 5.56 Å². The van der Waals surface area contributed by atoms with Crippen LogP contribution >= 0.6 is 0 Å². The molecule has 0 fully saturated rings. The standard InChI is InChI=1S/C24H21N5O3S/c1-2-12-29-22-17(14-21(23(29)30)33(31,32)19-6-4-3-5-7-19)15-26-24(28-22)27-18-8-9-20-16(13-18)10-11-25-20/h3-11,13-15,25H,2,12H2,1H3,(H,26,27,28). The van der Waals surface area contributed by atoms with Gasteiger partial charge in [-0.15, -0.1) is 0 Å². The molecule has 166 valence electrons. The van der Waals surface area contributed by atoms with Gasteiger partial charge in [0.15, 0.2) is 0 Å². The SMILES string of the molecule is CCCn1c(=O)c(S(=O)(=O)c2ccccc2)cc2cnc(Nc3ccc4[nH]ccc4c3)nc21. The van der Waals surface area contributed by atoms with Crippen molar-refractivity contribution in [3.63, 3.8) is 0 Å². The molecule has 9 heteroatoms. The van der Waals surface area contributed by atoms with Crippen LogP contribution in [-0.2, 0) is 16.4 Å². The highest BCUT2D eigenvalue weighted by Gasteiger charge is 2.24.